The summed E-state index contributed by atoms with van der Waals surface area (Å²) in [5.74, 6) is -0.0115. The Morgan fingerprint density at radius 1 is 1.40 bits per heavy atom. The molecule has 0 fully saturated rings. The highest BCUT2D eigenvalue weighted by molar-refractivity contribution is 9.10. The molecule has 0 spiro atoms. The summed E-state index contributed by atoms with van der Waals surface area (Å²) in [6, 6.07) is 8.83. The predicted molar refractivity (Wildman–Crippen MR) is 82.4 cm³/mol. The van der Waals surface area contributed by atoms with Gasteiger partial charge in [-0.1, -0.05) is 37.3 Å². The summed E-state index contributed by atoms with van der Waals surface area (Å²) in [6.07, 6.45) is 1.10. The molecule has 0 aliphatic rings. The fourth-order valence-corrected chi connectivity index (χ4v) is 2.89. The first-order valence-electron chi connectivity index (χ1n) is 6.58. The van der Waals surface area contributed by atoms with Crippen LogP contribution in [0.2, 0.25) is 0 Å². The largest absolute Gasteiger partial charge is 0.318 e. The molecule has 1 aromatic heterocycles. The number of benzene rings is 1. The Balaban J connectivity index is 2.18. The minimum Gasteiger partial charge on any atom is -0.318 e. The smallest absolute Gasteiger partial charge is 0.160 e. The van der Waals surface area contributed by atoms with Crippen molar-refractivity contribution in [3.05, 3.63) is 51.8 Å². The van der Waals surface area contributed by atoms with Crippen LogP contribution in [0.25, 0.3) is 0 Å². The van der Waals surface area contributed by atoms with E-state index in [4.69, 9.17) is 5.73 Å². The van der Waals surface area contributed by atoms with E-state index in [0.29, 0.717) is 0 Å². The topological polar surface area (TPSA) is 60.9 Å². The quantitative estimate of drug-likeness (QED) is 0.913. The number of hydrogen-bond donors (Lipinski definition) is 1. The molecule has 0 aliphatic heterocycles. The summed E-state index contributed by atoms with van der Waals surface area (Å²) < 4.78 is 2.66. The van der Waals surface area contributed by atoms with Crippen molar-refractivity contribution in [2.75, 3.05) is 0 Å². The number of hydrogen-bond acceptors (Lipinski definition) is 3. The first-order valence-corrected chi connectivity index (χ1v) is 7.37. The summed E-state index contributed by atoms with van der Waals surface area (Å²) in [5.41, 5.74) is 8.71. The van der Waals surface area contributed by atoms with E-state index in [1.165, 1.54) is 0 Å². The van der Waals surface area contributed by atoms with Crippen LogP contribution in [-0.2, 0) is 24.7 Å². The van der Waals surface area contributed by atoms with Gasteiger partial charge in [-0.3, -0.25) is 9.48 Å². The zero-order valence-corrected chi connectivity index (χ0v) is 13.2. The molecule has 0 bridgehead atoms. The van der Waals surface area contributed by atoms with E-state index < -0.39 is 6.04 Å². The molecule has 5 heteroatoms. The van der Waals surface area contributed by atoms with E-state index in [1.54, 1.807) is 4.68 Å². The molecule has 20 heavy (non-hydrogen) atoms. The SMILES string of the molecule is CCc1nn(C)c(CC(=O)[C@H](N)c2ccccc2)c1Br. The lowest BCUT2D eigenvalue weighted by molar-refractivity contribution is -0.119. The van der Waals surface area contributed by atoms with Crippen LogP contribution in [0.5, 0.6) is 0 Å². The third kappa shape index (κ3) is 2.99. The van der Waals surface area contributed by atoms with Crippen LogP contribution in [0.15, 0.2) is 34.8 Å². The van der Waals surface area contributed by atoms with Gasteiger partial charge in [0.15, 0.2) is 5.78 Å². The molecule has 1 heterocycles. The molecule has 2 rings (SSSR count). The maximum Gasteiger partial charge on any atom is 0.160 e. The van der Waals surface area contributed by atoms with Crippen LogP contribution in [0, 0.1) is 0 Å². The predicted octanol–water partition coefficient (Wildman–Crippen LogP) is 2.56. The Labute approximate surface area is 127 Å². The van der Waals surface area contributed by atoms with Crippen molar-refractivity contribution in [1.82, 2.24) is 9.78 Å². The van der Waals surface area contributed by atoms with Gasteiger partial charge in [-0.25, -0.2) is 0 Å². The van der Waals surface area contributed by atoms with Gasteiger partial charge < -0.3 is 5.73 Å². The number of aryl methyl sites for hydroxylation is 2. The molecule has 0 saturated heterocycles. The number of ketones is 1. The standard InChI is InChI=1S/C15H18BrN3O/c1-3-11-14(16)12(19(2)18-11)9-13(20)15(17)10-7-5-4-6-8-10/h4-8,15H,3,9,17H2,1-2H3/t15-/m1/s1. The Bertz CT molecular complexity index is 607. The maximum absolute atomic E-state index is 12.3. The first kappa shape index (κ1) is 14.9. The van der Waals surface area contributed by atoms with Crippen LogP contribution in [0.3, 0.4) is 0 Å². The highest BCUT2D eigenvalue weighted by Gasteiger charge is 2.20. The van der Waals surface area contributed by atoms with Crippen molar-refractivity contribution in [2.24, 2.45) is 12.8 Å². The van der Waals surface area contributed by atoms with Crippen molar-refractivity contribution in [3.8, 4) is 0 Å². The van der Waals surface area contributed by atoms with E-state index in [2.05, 4.69) is 21.0 Å². The highest BCUT2D eigenvalue weighted by Crippen LogP contribution is 2.23. The van der Waals surface area contributed by atoms with Gasteiger partial charge in [0.1, 0.15) is 0 Å². The molecule has 106 valence electrons. The van der Waals surface area contributed by atoms with Crippen LogP contribution < -0.4 is 5.73 Å². The molecular weight excluding hydrogens is 318 g/mol. The summed E-state index contributed by atoms with van der Waals surface area (Å²) >= 11 is 3.52. The molecule has 2 N–H and O–H groups in total. The molecule has 0 amide bonds. The molecule has 4 nitrogen and oxygen atoms in total. The van der Waals surface area contributed by atoms with E-state index in [1.807, 2.05) is 44.3 Å². The number of carbonyl (C=O) groups is 1. The fourth-order valence-electron chi connectivity index (χ4n) is 2.13. The van der Waals surface area contributed by atoms with Gasteiger partial charge in [0.2, 0.25) is 0 Å². The minimum absolute atomic E-state index is 0.0115. The van der Waals surface area contributed by atoms with E-state index in [0.717, 1.165) is 27.8 Å². The number of halogens is 1. The molecule has 0 unspecified atom stereocenters. The van der Waals surface area contributed by atoms with E-state index >= 15 is 0 Å². The Kier molecular flexibility index (Phi) is 4.73. The Hall–Kier alpha value is -1.46. The molecule has 1 atom stereocenters. The molecule has 0 aliphatic carbocycles. The molecule has 2 aromatic rings. The van der Waals surface area contributed by atoms with Crippen molar-refractivity contribution in [1.29, 1.82) is 0 Å². The summed E-state index contributed by atoms with van der Waals surface area (Å²) in [6.45, 7) is 2.04. The van der Waals surface area contributed by atoms with Crippen LogP contribution in [0.4, 0.5) is 0 Å². The van der Waals surface area contributed by atoms with Gasteiger partial charge in [-0.2, -0.15) is 5.10 Å². The first-order chi connectivity index (χ1) is 9.54. The van der Waals surface area contributed by atoms with Crippen molar-refractivity contribution >= 4 is 21.7 Å². The van der Waals surface area contributed by atoms with Gasteiger partial charge in [-0.05, 0) is 27.9 Å². The third-order valence-electron chi connectivity index (χ3n) is 3.35. The molecule has 0 radical (unpaired) electrons. The number of carbonyl (C=O) groups excluding carboxylic acids is 1. The Morgan fingerprint density at radius 2 is 2.05 bits per heavy atom. The average molecular weight is 336 g/mol. The van der Waals surface area contributed by atoms with Gasteiger partial charge in [0, 0.05) is 7.05 Å². The van der Waals surface area contributed by atoms with Crippen LogP contribution in [0.1, 0.15) is 29.9 Å². The van der Waals surface area contributed by atoms with Crippen molar-refractivity contribution < 1.29 is 4.79 Å². The number of aromatic nitrogens is 2. The lowest BCUT2D eigenvalue weighted by atomic mass is 10.0. The maximum atomic E-state index is 12.3. The van der Waals surface area contributed by atoms with Crippen molar-refractivity contribution in [3.63, 3.8) is 0 Å². The minimum atomic E-state index is -0.594. The van der Waals surface area contributed by atoms with Gasteiger partial charge in [0.25, 0.3) is 0 Å². The van der Waals surface area contributed by atoms with Gasteiger partial charge in [0.05, 0.1) is 28.3 Å². The molecule has 1 aromatic carbocycles. The number of rotatable bonds is 5. The van der Waals surface area contributed by atoms with E-state index in [9.17, 15) is 4.79 Å². The zero-order valence-electron chi connectivity index (χ0n) is 11.6. The normalized spacial score (nSPS) is 12.4. The lowest BCUT2D eigenvalue weighted by Gasteiger charge is -2.11. The second-order valence-electron chi connectivity index (χ2n) is 4.72. The monoisotopic (exact) mass is 335 g/mol. The van der Waals surface area contributed by atoms with Crippen LogP contribution in [-0.4, -0.2) is 15.6 Å². The lowest BCUT2D eigenvalue weighted by Crippen LogP contribution is -2.24. The van der Waals surface area contributed by atoms with Gasteiger partial charge >= 0.3 is 0 Å². The molecule has 0 saturated carbocycles. The van der Waals surface area contributed by atoms with E-state index in [-0.39, 0.29) is 12.2 Å². The number of nitrogens with two attached hydrogens (primary N) is 1. The highest BCUT2D eigenvalue weighted by atomic mass is 79.9. The summed E-state index contributed by atoms with van der Waals surface area (Å²) in [5, 5.41) is 4.39. The average Bonchev–Trinajstić information content (AvgIpc) is 2.74. The van der Waals surface area contributed by atoms with Crippen LogP contribution >= 0.6 is 15.9 Å². The summed E-state index contributed by atoms with van der Waals surface area (Å²) in [7, 11) is 1.85. The number of Topliss-reactive ketones (excluding diaryl/α,β-unsaturated/α-hetero) is 1. The van der Waals surface area contributed by atoms with Crippen molar-refractivity contribution in [2.45, 2.75) is 25.8 Å². The second-order valence-corrected chi connectivity index (χ2v) is 5.51. The third-order valence-corrected chi connectivity index (χ3v) is 4.27. The zero-order chi connectivity index (χ0) is 14.7. The van der Waals surface area contributed by atoms with Gasteiger partial charge in [-0.15, -0.1) is 0 Å². The summed E-state index contributed by atoms with van der Waals surface area (Å²) in [4.78, 5) is 12.3. The number of nitrogens with zero attached hydrogens (tertiary/aromatic N) is 2. The fraction of sp³-hybridized carbons (Fsp3) is 0.333. The Morgan fingerprint density at radius 3 is 2.60 bits per heavy atom. The molecular formula is C15H18BrN3O. The second kappa shape index (κ2) is 6.33.